The van der Waals surface area contributed by atoms with E-state index in [1.54, 1.807) is 6.26 Å². The first-order valence-electron chi connectivity index (χ1n) is 5.26. The summed E-state index contributed by atoms with van der Waals surface area (Å²) in [6, 6.07) is 9.99. The molecule has 0 fully saturated rings. The largest absolute Gasteiger partial charge is 0.382 e. The van der Waals surface area contributed by atoms with Crippen LogP contribution in [-0.4, -0.2) is 13.3 Å². The SMILES string of the molecule is CC/C=C(/C#Cc1ccccc1)NC.CS. The number of thiol groups is 1. The molecule has 16 heavy (non-hydrogen) atoms. The topological polar surface area (TPSA) is 12.0 Å². The van der Waals surface area contributed by atoms with Crippen molar-refractivity contribution in [2.45, 2.75) is 13.3 Å². The van der Waals surface area contributed by atoms with E-state index >= 15 is 0 Å². The van der Waals surface area contributed by atoms with Crippen molar-refractivity contribution < 1.29 is 0 Å². The summed E-state index contributed by atoms with van der Waals surface area (Å²) in [4.78, 5) is 0. The second kappa shape index (κ2) is 10.2. The molecule has 0 amide bonds. The van der Waals surface area contributed by atoms with E-state index in [1.165, 1.54) is 0 Å². The highest BCUT2D eigenvalue weighted by molar-refractivity contribution is 7.79. The maximum Gasteiger partial charge on any atom is 0.0813 e. The van der Waals surface area contributed by atoms with Gasteiger partial charge in [-0.05, 0) is 30.7 Å². The monoisotopic (exact) mass is 233 g/mol. The predicted molar refractivity (Wildman–Crippen MR) is 75.7 cm³/mol. The Kier molecular flexibility index (Phi) is 9.35. The first-order valence-corrected chi connectivity index (χ1v) is 6.16. The summed E-state index contributed by atoms with van der Waals surface area (Å²) in [6.07, 6.45) is 4.77. The number of nitrogens with one attached hydrogen (secondary N) is 1. The molecule has 0 radical (unpaired) electrons. The Morgan fingerprint density at radius 2 is 1.94 bits per heavy atom. The summed E-state index contributed by atoms with van der Waals surface area (Å²) >= 11 is 3.53. The van der Waals surface area contributed by atoms with Crippen LogP contribution in [0.5, 0.6) is 0 Å². The van der Waals surface area contributed by atoms with E-state index in [-0.39, 0.29) is 0 Å². The Labute approximate surface area is 104 Å². The van der Waals surface area contributed by atoms with Gasteiger partial charge in [-0.2, -0.15) is 12.6 Å². The standard InChI is InChI=1S/C13H15N.CH4S/c1-3-7-13(14-2)11-10-12-8-5-4-6-9-12;1-2/h4-9,14H,3H2,1-2H3;2H,1H3/b13-7-;. The van der Waals surface area contributed by atoms with E-state index in [1.807, 2.05) is 37.4 Å². The molecular weight excluding hydrogens is 214 g/mol. The van der Waals surface area contributed by atoms with Crippen LogP contribution in [0.4, 0.5) is 0 Å². The van der Waals surface area contributed by atoms with Gasteiger partial charge in [-0.15, -0.1) is 0 Å². The van der Waals surface area contributed by atoms with Crippen LogP contribution in [-0.2, 0) is 0 Å². The lowest BCUT2D eigenvalue weighted by atomic mass is 10.2. The number of allylic oxidation sites excluding steroid dienone is 2. The van der Waals surface area contributed by atoms with Crippen molar-refractivity contribution in [1.29, 1.82) is 0 Å². The van der Waals surface area contributed by atoms with E-state index in [4.69, 9.17) is 0 Å². The molecule has 1 aromatic carbocycles. The second-order valence-electron chi connectivity index (χ2n) is 2.89. The lowest BCUT2D eigenvalue weighted by molar-refractivity contribution is 1.02. The maximum atomic E-state index is 3.53. The van der Waals surface area contributed by atoms with Crippen LogP contribution in [0, 0.1) is 11.8 Å². The van der Waals surface area contributed by atoms with Crippen molar-refractivity contribution in [3.63, 3.8) is 0 Å². The minimum absolute atomic E-state index is 0.983. The summed E-state index contributed by atoms with van der Waals surface area (Å²) in [7, 11) is 1.89. The van der Waals surface area contributed by atoms with Crippen molar-refractivity contribution in [3.8, 4) is 11.8 Å². The minimum Gasteiger partial charge on any atom is -0.382 e. The highest BCUT2D eigenvalue weighted by atomic mass is 32.1. The van der Waals surface area contributed by atoms with Crippen LogP contribution in [0.2, 0.25) is 0 Å². The molecule has 0 heterocycles. The zero-order valence-electron chi connectivity index (χ0n) is 10.1. The molecule has 1 rings (SSSR count). The van der Waals surface area contributed by atoms with Gasteiger partial charge in [-0.25, -0.2) is 0 Å². The summed E-state index contributed by atoms with van der Waals surface area (Å²) in [6.45, 7) is 2.10. The van der Waals surface area contributed by atoms with Gasteiger partial charge in [-0.3, -0.25) is 0 Å². The smallest absolute Gasteiger partial charge is 0.0813 e. The molecule has 1 aromatic rings. The van der Waals surface area contributed by atoms with Gasteiger partial charge in [0.15, 0.2) is 0 Å². The van der Waals surface area contributed by atoms with Crippen LogP contribution < -0.4 is 5.32 Å². The van der Waals surface area contributed by atoms with Crippen LogP contribution in [0.1, 0.15) is 18.9 Å². The second-order valence-corrected chi connectivity index (χ2v) is 2.89. The molecule has 0 bridgehead atoms. The summed E-state index contributed by atoms with van der Waals surface area (Å²) < 4.78 is 0. The summed E-state index contributed by atoms with van der Waals surface area (Å²) in [5.41, 5.74) is 2.03. The van der Waals surface area contributed by atoms with E-state index < -0.39 is 0 Å². The molecule has 0 aliphatic heterocycles. The van der Waals surface area contributed by atoms with Gasteiger partial charge < -0.3 is 5.32 Å². The average Bonchev–Trinajstić information content (AvgIpc) is 2.38. The van der Waals surface area contributed by atoms with Crippen LogP contribution >= 0.6 is 12.6 Å². The van der Waals surface area contributed by atoms with Gasteiger partial charge in [0.05, 0.1) is 5.70 Å². The molecule has 0 aliphatic carbocycles. The zero-order valence-corrected chi connectivity index (χ0v) is 11.0. The van der Waals surface area contributed by atoms with Crippen LogP contribution in [0.3, 0.4) is 0 Å². The van der Waals surface area contributed by atoms with Gasteiger partial charge in [-0.1, -0.05) is 37.1 Å². The molecular formula is C14H19NS. The molecule has 0 saturated heterocycles. The molecule has 2 heteroatoms. The third-order valence-electron chi connectivity index (χ3n) is 1.79. The first-order chi connectivity index (χ1) is 7.86. The molecule has 0 aliphatic rings. The van der Waals surface area contributed by atoms with Crippen molar-refractivity contribution in [2.75, 3.05) is 13.3 Å². The first kappa shape index (κ1) is 14.7. The molecule has 0 aromatic heterocycles. The fraction of sp³-hybridized carbons (Fsp3) is 0.286. The lowest BCUT2D eigenvalue weighted by Gasteiger charge is -1.95. The third kappa shape index (κ3) is 6.21. The van der Waals surface area contributed by atoms with E-state index in [0.29, 0.717) is 0 Å². The molecule has 0 unspecified atom stereocenters. The van der Waals surface area contributed by atoms with Crippen LogP contribution in [0.25, 0.3) is 0 Å². The van der Waals surface area contributed by atoms with E-state index in [9.17, 15) is 0 Å². The Hall–Kier alpha value is -1.33. The fourth-order valence-corrected chi connectivity index (χ4v) is 1.08. The Morgan fingerprint density at radius 3 is 2.44 bits per heavy atom. The number of hydrogen-bond acceptors (Lipinski definition) is 2. The average molecular weight is 233 g/mol. The lowest BCUT2D eigenvalue weighted by Crippen LogP contribution is -2.02. The van der Waals surface area contributed by atoms with E-state index in [0.717, 1.165) is 17.7 Å². The fourth-order valence-electron chi connectivity index (χ4n) is 1.08. The van der Waals surface area contributed by atoms with Gasteiger partial charge >= 0.3 is 0 Å². The predicted octanol–water partition coefficient (Wildman–Crippen LogP) is 3.10. The molecule has 1 nitrogen and oxygen atoms in total. The normalized spacial score (nSPS) is 9.38. The van der Waals surface area contributed by atoms with Crippen molar-refractivity contribution in [2.24, 2.45) is 0 Å². The summed E-state index contributed by atoms with van der Waals surface area (Å²) in [5.74, 6) is 6.19. The molecule has 0 saturated carbocycles. The number of benzene rings is 1. The number of hydrogen-bond donors (Lipinski definition) is 2. The Morgan fingerprint density at radius 1 is 1.31 bits per heavy atom. The third-order valence-corrected chi connectivity index (χ3v) is 1.79. The van der Waals surface area contributed by atoms with Crippen molar-refractivity contribution >= 4 is 12.6 Å². The molecule has 0 spiro atoms. The van der Waals surface area contributed by atoms with E-state index in [2.05, 4.69) is 42.8 Å². The molecule has 86 valence electrons. The Bertz CT molecular complexity index is 357. The van der Waals surface area contributed by atoms with Crippen molar-refractivity contribution in [3.05, 3.63) is 47.7 Å². The quantitative estimate of drug-likeness (QED) is 0.591. The number of rotatable bonds is 2. The van der Waals surface area contributed by atoms with Gasteiger partial charge in [0.25, 0.3) is 0 Å². The zero-order chi connectivity index (χ0) is 12.2. The maximum absolute atomic E-state index is 3.53. The highest BCUT2D eigenvalue weighted by Crippen LogP contribution is 1.96. The van der Waals surface area contributed by atoms with Crippen LogP contribution in [0.15, 0.2) is 42.1 Å². The summed E-state index contributed by atoms with van der Waals surface area (Å²) in [5, 5.41) is 3.06. The highest BCUT2D eigenvalue weighted by Gasteiger charge is 1.85. The van der Waals surface area contributed by atoms with Gasteiger partial charge in [0.1, 0.15) is 0 Å². The van der Waals surface area contributed by atoms with Crippen molar-refractivity contribution in [1.82, 2.24) is 5.32 Å². The molecule has 0 atom stereocenters. The Balaban J connectivity index is 0.00000106. The minimum atomic E-state index is 0.983. The van der Waals surface area contributed by atoms with Gasteiger partial charge in [0.2, 0.25) is 0 Å². The molecule has 1 N–H and O–H groups in total. The van der Waals surface area contributed by atoms with Gasteiger partial charge in [0, 0.05) is 12.6 Å².